The first-order valence-corrected chi connectivity index (χ1v) is 14.6. The van der Waals surface area contributed by atoms with Gasteiger partial charge in [0, 0.05) is 19.6 Å². The molecule has 0 radical (unpaired) electrons. The Labute approximate surface area is 218 Å². The van der Waals surface area contributed by atoms with Crippen molar-refractivity contribution in [3.63, 3.8) is 0 Å². The summed E-state index contributed by atoms with van der Waals surface area (Å²) in [5.74, 6) is 0. The molecule has 212 valence electrons. The summed E-state index contributed by atoms with van der Waals surface area (Å²) in [6.45, 7) is 9.47. The van der Waals surface area contributed by atoms with Crippen molar-refractivity contribution in [1.82, 2.24) is 14.7 Å². The van der Waals surface area contributed by atoms with E-state index in [-0.39, 0.29) is 39.1 Å². The van der Waals surface area contributed by atoms with Gasteiger partial charge in [-0.2, -0.15) is 0 Å². The molecule has 3 aliphatic heterocycles. The summed E-state index contributed by atoms with van der Waals surface area (Å²) in [5.41, 5.74) is 0. The Balaban J connectivity index is 1.35. The van der Waals surface area contributed by atoms with Crippen LogP contribution in [0, 0.1) is 0 Å². The molecule has 3 N–H and O–H groups in total. The maximum Gasteiger partial charge on any atom is 0.104 e. The van der Waals surface area contributed by atoms with E-state index in [4.69, 9.17) is 14.2 Å². The number of hydrogen-bond donors (Lipinski definition) is 3. The van der Waals surface area contributed by atoms with Crippen LogP contribution in [0.3, 0.4) is 0 Å². The summed E-state index contributed by atoms with van der Waals surface area (Å²) in [6.07, 6.45) is 9.04. The molecule has 3 heterocycles. The van der Waals surface area contributed by atoms with E-state index in [0.717, 1.165) is 39.3 Å². The van der Waals surface area contributed by atoms with Crippen LogP contribution in [0.4, 0.5) is 0 Å². The van der Waals surface area contributed by atoms with Crippen molar-refractivity contribution < 1.29 is 29.5 Å². The SMILES string of the molecule is OC(COCC(COCC(O)CN1CCCCC1)OCC(O)CN1CCCCC1)CN1CCCCC1. The molecule has 0 aliphatic carbocycles. The number of hydrogen-bond acceptors (Lipinski definition) is 9. The molecular weight excluding hydrogens is 462 g/mol. The quantitative estimate of drug-likeness (QED) is 0.261. The lowest BCUT2D eigenvalue weighted by atomic mass is 10.1. The van der Waals surface area contributed by atoms with E-state index in [1.165, 1.54) is 57.8 Å². The van der Waals surface area contributed by atoms with E-state index in [2.05, 4.69) is 14.7 Å². The topological polar surface area (TPSA) is 98.1 Å². The number of rotatable bonds is 17. The van der Waals surface area contributed by atoms with Gasteiger partial charge in [-0.3, -0.25) is 0 Å². The summed E-state index contributed by atoms with van der Waals surface area (Å²) in [7, 11) is 0. The highest BCUT2D eigenvalue weighted by Crippen LogP contribution is 2.12. The first-order valence-electron chi connectivity index (χ1n) is 14.6. The smallest absolute Gasteiger partial charge is 0.104 e. The van der Waals surface area contributed by atoms with Crippen LogP contribution in [0.5, 0.6) is 0 Å². The Morgan fingerprint density at radius 1 is 0.444 bits per heavy atom. The number of β-amino-alcohol motifs (C(OH)–C–C–N with tert-alkyl or cyclic N) is 3. The maximum atomic E-state index is 10.5. The molecule has 3 rings (SSSR count). The van der Waals surface area contributed by atoms with Gasteiger partial charge in [0.1, 0.15) is 6.10 Å². The third-order valence-electron chi connectivity index (χ3n) is 7.51. The van der Waals surface area contributed by atoms with E-state index in [9.17, 15) is 15.3 Å². The van der Waals surface area contributed by atoms with Crippen molar-refractivity contribution in [2.75, 3.05) is 91.9 Å². The second kappa shape index (κ2) is 18.0. The number of likely N-dealkylation sites (tertiary alicyclic amines) is 3. The molecule has 0 spiro atoms. The van der Waals surface area contributed by atoms with E-state index in [0.29, 0.717) is 19.6 Å². The lowest BCUT2D eigenvalue weighted by Gasteiger charge is -2.30. The molecule has 0 aromatic carbocycles. The van der Waals surface area contributed by atoms with Gasteiger partial charge in [0.2, 0.25) is 0 Å². The molecule has 36 heavy (non-hydrogen) atoms. The van der Waals surface area contributed by atoms with Gasteiger partial charge in [-0.05, 0) is 77.8 Å². The Bertz CT molecular complexity index is 510. The van der Waals surface area contributed by atoms with Crippen LogP contribution in [0.25, 0.3) is 0 Å². The summed E-state index contributed by atoms with van der Waals surface area (Å²) in [4.78, 5) is 6.90. The minimum Gasteiger partial charge on any atom is -0.389 e. The first kappa shape index (κ1) is 30.2. The molecule has 3 aliphatic rings. The van der Waals surface area contributed by atoms with Gasteiger partial charge >= 0.3 is 0 Å². The van der Waals surface area contributed by atoms with E-state index >= 15 is 0 Å². The average Bonchev–Trinajstić information content (AvgIpc) is 2.88. The molecule has 3 unspecified atom stereocenters. The minimum atomic E-state index is -0.556. The van der Waals surface area contributed by atoms with Crippen LogP contribution in [0.2, 0.25) is 0 Å². The van der Waals surface area contributed by atoms with E-state index < -0.39 is 18.3 Å². The maximum absolute atomic E-state index is 10.5. The van der Waals surface area contributed by atoms with Crippen molar-refractivity contribution in [2.45, 2.75) is 82.2 Å². The fourth-order valence-electron chi connectivity index (χ4n) is 5.54. The van der Waals surface area contributed by atoms with Crippen molar-refractivity contribution >= 4 is 0 Å². The monoisotopic (exact) mass is 515 g/mol. The average molecular weight is 516 g/mol. The first-order chi connectivity index (χ1) is 17.6. The predicted octanol–water partition coefficient (Wildman–Crippen LogP) is 0.945. The molecule has 3 atom stereocenters. The van der Waals surface area contributed by atoms with Crippen LogP contribution >= 0.6 is 0 Å². The van der Waals surface area contributed by atoms with E-state index in [1.54, 1.807) is 0 Å². The van der Waals surface area contributed by atoms with Crippen molar-refractivity contribution in [3.8, 4) is 0 Å². The summed E-state index contributed by atoms with van der Waals surface area (Å²) >= 11 is 0. The van der Waals surface area contributed by atoms with Crippen molar-refractivity contribution in [3.05, 3.63) is 0 Å². The molecule has 9 heteroatoms. The fraction of sp³-hybridized carbons (Fsp3) is 1.00. The minimum absolute atomic E-state index is 0.223. The lowest BCUT2D eigenvalue weighted by molar-refractivity contribution is -0.102. The zero-order valence-electron chi connectivity index (χ0n) is 22.5. The predicted molar refractivity (Wildman–Crippen MR) is 140 cm³/mol. The van der Waals surface area contributed by atoms with Gasteiger partial charge in [-0.25, -0.2) is 0 Å². The van der Waals surface area contributed by atoms with Gasteiger partial charge < -0.3 is 44.2 Å². The van der Waals surface area contributed by atoms with Crippen LogP contribution in [-0.4, -0.2) is 146 Å². The van der Waals surface area contributed by atoms with Crippen LogP contribution < -0.4 is 0 Å². The molecule has 3 fully saturated rings. The molecule has 0 aromatic heterocycles. The molecule has 0 saturated carbocycles. The number of ether oxygens (including phenoxy) is 3. The normalized spacial score (nSPS) is 24.4. The van der Waals surface area contributed by atoms with Gasteiger partial charge in [0.25, 0.3) is 0 Å². The molecule has 0 aromatic rings. The highest BCUT2D eigenvalue weighted by molar-refractivity contribution is 4.72. The van der Waals surface area contributed by atoms with Crippen LogP contribution in [-0.2, 0) is 14.2 Å². The second-order valence-corrected chi connectivity index (χ2v) is 11.1. The summed E-state index contributed by atoms with van der Waals surface area (Å²) in [5, 5.41) is 31.3. The van der Waals surface area contributed by atoms with Crippen LogP contribution in [0.15, 0.2) is 0 Å². The number of aliphatic hydroxyl groups excluding tert-OH is 3. The Kier molecular flexibility index (Phi) is 15.1. The van der Waals surface area contributed by atoms with Crippen molar-refractivity contribution in [2.24, 2.45) is 0 Å². The van der Waals surface area contributed by atoms with Crippen molar-refractivity contribution in [1.29, 1.82) is 0 Å². The molecule has 9 nitrogen and oxygen atoms in total. The molecular formula is C27H53N3O6. The Morgan fingerprint density at radius 3 is 1.14 bits per heavy atom. The summed E-state index contributed by atoms with van der Waals surface area (Å²) < 4.78 is 17.6. The number of aliphatic hydroxyl groups is 3. The van der Waals surface area contributed by atoms with Gasteiger partial charge in [0.05, 0.1) is 51.3 Å². The number of nitrogens with zero attached hydrogens (tertiary/aromatic N) is 3. The highest BCUT2D eigenvalue weighted by atomic mass is 16.6. The third-order valence-corrected chi connectivity index (χ3v) is 7.51. The molecule has 3 saturated heterocycles. The number of piperidine rings is 3. The Hall–Kier alpha value is -0.360. The Morgan fingerprint density at radius 2 is 0.778 bits per heavy atom. The van der Waals surface area contributed by atoms with E-state index in [1.807, 2.05) is 0 Å². The highest BCUT2D eigenvalue weighted by Gasteiger charge is 2.20. The molecule has 0 bridgehead atoms. The van der Waals surface area contributed by atoms with Gasteiger partial charge in [-0.15, -0.1) is 0 Å². The fourth-order valence-corrected chi connectivity index (χ4v) is 5.54. The zero-order valence-corrected chi connectivity index (χ0v) is 22.5. The second-order valence-electron chi connectivity index (χ2n) is 11.1. The van der Waals surface area contributed by atoms with Gasteiger partial charge in [-0.1, -0.05) is 19.3 Å². The summed E-state index contributed by atoms with van der Waals surface area (Å²) in [6, 6.07) is 0. The zero-order chi connectivity index (χ0) is 25.4. The lowest BCUT2D eigenvalue weighted by Crippen LogP contribution is -2.41. The van der Waals surface area contributed by atoms with Crippen LogP contribution in [0.1, 0.15) is 57.8 Å². The third kappa shape index (κ3) is 12.9. The molecule has 0 amide bonds. The largest absolute Gasteiger partial charge is 0.389 e. The standard InChI is InChI=1S/C27H53N3O6/c31-24(16-28-10-4-1-5-11-28)19-34-22-27(36-21-26(33)18-30-14-8-3-9-15-30)23-35-20-25(32)17-29-12-6-2-7-13-29/h24-27,31-33H,1-23H2. The van der Waals surface area contributed by atoms with Gasteiger partial charge in [0.15, 0.2) is 0 Å².